The van der Waals surface area contributed by atoms with Crippen molar-refractivity contribution in [3.05, 3.63) is 66.7 Å². The SMILES string of the molecule is CCN(c1ccccc1)c1cc(-c2ccccc2)nc(NCCCOC)n1. The number of nitrogens with one attached hydrogen (secondary N) is 1. The molecular formula is C22H26N4O. The zero-order valence-electron chi connectivity index (χ0n) is 15.9. The number of methoxy groups -OCH3 is 1. The molecule has 0 radical (unpaired) electrons. The lowest BCUT2D eigenvalue weighted by Gasteiger charge is -2.23. The number of ether oxygens (including phenoxy) is 1. The number of hydrogen-bond donors (Lipinski definition) is 1. The third-order valence-corrected chi connectivity index (χ3v) is 4.25. The van der Waals surface area contributed by atoms with Gasteiger partial charge in [-0.25, -0.2) is 4.98 Å². The van der Waals surface area contributed by atoms with Gasteiger partial charge in [-0.05, 0) is 25.5 Å². The van der Waals surface area contributed by atoms with Crippen molar-refractivity contribution in [1.29, 1.82) is 0 Å². The summed E-state index contributed by atoms with van der Waals surface area (Å²) < 4.78 is 5.12. The van der Waals surface area contributed by atoms with Crippen molar-refractivity contribution in [3.63, 3.8) is 0 Å². The number of benzene rings is 2. The van der Waals surface area contributed by atoms with Crippen molar-refractivity contribution in [3.8, 4) is 11.3 Å². The summed E-state index contributed by atoms with van der Waals surface area (Å²) in [6, 6.07) is 22.6. The minimum atomic E-state index is 0.636. The van der Waals surface area contributed by atoms with Gasteiger partial charge in [0.15, 0.2) is 0 Å². The van der Waals surface area contributed by atoms with Gasteiger partial charge in [0.05, 0.1) is 5.69 Å². The summed E-state index contributed by atoms with van der Waals surface area (Å²) in [6.07, 6.45) is 0.904. The van der Waals surface area contributed by atoms with Crippen LogP contribution in [0.15, 0.2) is 66.7 Å². The molecule has 0 unspecified atom stereocenters. The first-order valence-electron chi connectivity index (χ1n) is 9.31. The van der Waals surface area contributed by atoms with Gasteiger partial charge in [0, 0.05) is 44.1 Å². The van der Waals surface area contributed by atoms with E-state index in [-0.39, 0.29) is 0 Å². The van der Waals surface area contributed by atoms with E-state index in [9.17, 15) is 0 Å². The first kappa shape index (κ1) is 18.9. The fraction of sp³-hybridized carbons (Fsp3) is 0.273. The predicted octanol–water partition coefficient (Wildman–Crippen LogP) is 4.75. The molecule has 1 heterocycles. The molecule has 140 valence electrons. The van der Waals surface area contributed by atoms with E-state index in [1.807, 2.05) is 42.5 Å². The van der Waals surface area contributed by atoms with Crippen molar-refractivity contribution < 1.29 is 4.74 Å². The summed E-state index contributed by atoms with van der Waals surface area (Å²) in [6.45, 7) is 4.42. The molecule has 0 aliphatic carbocycles. The fourth-order valence-corrected chi connectivity index (χ4v) is 2.91. The van der Waals surface area contributed by atoms with Crippen molar-refractivity contribution in [1.82, 2.24) is 9.97 Å². The van der Waals surface area contributed by atoms with Gasteiger partial charge in [0.25, 0.3) is 0 Å². The highest BCUT2D eigenvalue weighted by molar-refractivity contribution is 5.68. The number of anilines is 3. The summed E-state index contributed by atoms with van der Waals surface area (Å²) in [4.78, 5) is 11.7. The van der Waals surface area contributed by atoms with Crippen molar-refractivity contribution in [2.45, 2.75) is 13.3 Å². The molecule has 0 saturated heterocycles. The molecule has 0 aliphatic rings. The van der Waals surface area contributed by atoms with Crippen LogP contribution in [0.1, 0.15) is 13.3 Å². The monoisotopic (exact) mass is 362 g/mol. The van der Waals surface area contributed by atoms with E-state index in [2.05, 4.69) is 41.4 Å². The molecule has 0 atom stereocenters. The van der Waals surface area contributed by atoms with Gasteiger partial charge in [-0.2, -0.15) is 4.98 Å². The van der Waals surface area contributed by atoms with Crippen molar-refractivity contribution >= 4 is 17.5 Å². The van der Waals surface area contributed by atoms with E-state index in [1.54, 1.807) is 7.11 Å². The summed E-state index contributed by atoms with van der Waals surface area (Å²) >= 11 is 0. The van der Waals surface area contributed by atoms with Crippen LogP contribution in [0.5, 0.6) is 0 Å². The van der Waals surface area contributed by atoms with Crippen LogP contribution < -0.4 is 10.2 Å². The van der Waals surface area contributed by atoms with Gasteiger partial charge in [0.1, 0.15) is 5.82 Å². The maximum atomic E-state index is 5.12. The Bertz CT molecular complexity index is 824. The zero-order valence-corrected chi connectivity index (χ0v) is 15.9. The van der Waals surface area contributed by atoms with Crippen LogP contribution in [0.2, 0.25) is 0 Å². The molecule has 5 heteroatoms. The topological polar surface area (TPSA) is 50.3 Å². The lowest BCUT2D eigenvalue weighted by molar-refractivity contribution is 0.197. The largest absolute Gasteiger partial charge is 0.385 e. The highest BCUT2D eigenvalue weighted by atomic mass is 16.5. The second-order valence-electron chi connectivity index (χ2n) is 6.15. The Labute approximate surface area is 161 Å². The Balaban J connectivity index is 1.96. The first-order chi connectivity index (χ1) is 13.3. The molecule has 0 spiro atoms. The van der Waals surface area contributed by atoms with Crippen LogP contribution in [-0.2, 0) is 4.74 Å². The van der Waals surface area contributed by atoms with Crippen LogP contribution in [0.3, 0.4) is 0 Å². The van der Waals surface area contributed by atoms with Gasteiger partial charge in [-0.1, -0.05) is 48.5 Å². The van der Waals surface area contributed by atoms with E-state index in [0.29, 0.717) is 12.6 Å². The van der Waals surface area contributed by atoms with E-state index in [1.165, 1.54) is 0 Å². The van der Waals surface area contributed by atoms with Crippen molar-refractivity contribution in [2.24, 2.45) is 0 Å². The van der Waals surface area contributed by atoms with Gasteiger partial charge in [-0.3, -0.25) is 0 Å². The zero-order chi connectivity index (χ0) is 18.9. The van der Waals surface area contributed by atoms with Crippen LogP contribution in [0.4, 0.5) is 17.5 Å². The van der Waals surface area contributed by atoms with Gasteiger partial charge < -0.3 is 15.0 Å². The number of aromatic nitrogens is 2. The minimum absolute atomic E-state index is 0.636. The lowest BCUT2D eigenvalue weighted by Crippen LogP contribution is -2.19. The van der Waals surface area contributed by atoms with Crippen molar-refractivity contribution in [2.75, 3.05) is 37.0 Å². The van der Waals surface area contributed by atoms with Crippen LogP contribution in [-0.4, -0.2) is 36.8 Å². The maximum Gasteiger partial charge on any atom is 0.225 e. The summed E-state index contributed by atoms with van der Waals surface area (Å²) in [5.74, 6) is 1.52. The molecule has 1 N–H and O–H groups in total. The minimum Gasteiger partial charge on any atom is -0.385 e. The van der Waals surface area contributed by atoms with Gasteiger partial charge in [0.2, 0.25) is 5.95 Å². The Morgan fingerprint density at radius 1 is 0.963 bits per heavy atom. The molecular weight excluding hydrogens is 336 g/mol. The Hall–Kier alpha value is -2.92. The molecule has 0 fully saturated rings. The highest BCUT2D eigenvalue weighted by Crippen LogP contribution is 2.28. The second-order valence-corrected chi connectivity index (χ2v) is 6.15. The van der Waals surface area contributed by atoms with Crippen LogP contribution in [0, 0.1) is 0 Å². The first-order valence-corrected chi connectivity index (χ1v) is 9.31. The average molecular weight is 362 g/mol. The molecule has 3 aromatic rings. The molecule has 0 saturated carbocycles. The number of nitrogens with zero attached hydrogens (tertiary/aromatic N) is 3. The number of para-hydroxylation sites is 1. The van der Waals surface area contributed by atoms with Gasteiger partial charge in [-0.15, -0.1) is 0 Å². The van der Waals surface area contributed by atoms with Crippen LogP contribution in [0.25, 0.3) is 11.3 Å². The predicted molar refractivity (Wildman–Crippen MR) is 112 cm³/mol. The van der Waals surface area contributed by atoms with E-state index in [0.717, 1.165) is 42.3 Å². The number of hydrogen-bond acceptors (Lipinski definition) is 5. The van der Waals surface area contributed by atoms with Crippen LogP contribution >= 0.6 is 0 Å². The third-order valence-electron chi connectivity index (χ3n) is 4.25. The second kappa shape index (κ2) is 9.69. The third kappa shape index (κ3) is 5.05. The standard InChI is InChI=1S/C22H26N4O/c1-3-26(19-13-8-5-9-14-19)21-17-20(18-11-6-4-7-12-18)24-22(25-21)23-15-10-16-27-2/h4-9,11-14,17H,3,10,15-16H2,1-2H3,(H,23,24,25). The molecule has 0 bridgehead atoms. The maximum absolute atomic E-state index is 5.12. The quantitative estimate of drug-likeness (QED) is 0.557. The summed E-state index contributed by atoms with van der Waals surface area (Å²) in [5, 5.41) is 3.33. The molecule has 1 aromatic heterocycles. The molecule has 2 aromatic carbocycles. The van der Waals surface area contributed by atoms with Gasteiger partial charge >= 0.3 is 0 Å². The molecule has 27 heavy (non-hydrogen) atoms. The Morgan fingerprint density at radius 3 is 2.33 bits per heavy atom. The Morgan fingerprint density at radius 2 is 1.67 bits per heavy atom. The van der Waals surface area contributed by atoms with E-state index in [4.69, 9.17) is 14.7 Å². The molecule has 0 amide bonds. The average Bonchev–Trinajstić information content (AvgIpc) is 2.73. The number of rotatable bonds is 9. The smallest absolute Gasteiger partial charge is 0.225 e. The fourth-order valence-electron chi connectivity index (χ4n) is 2.91. The normalized spacial score (nSPS) is 10.6. The molecule has 5 nitrogen and oxygen atoms in total. The lowest BCUT2D eigenvalue weighted by atomic mass is 10.1. The highest BCUT2D eigenvalue weighted by Gasteiger charge is 2.13. The van der Waals surface area contributed by atoms with E-state index >= 15 is 0 Å². The van der Waals surface area contributed by atoms with E-state index < -0.39 is 0 Å². The molecule has 0 aliphatic heterocycles. The Kier molecular flexibility index (Phi) is 6.77. The molecule has 3 rings (SSSR count). The summed E-state index contributed by atoms with van der Waals surface area (Å²) in [5.41, 5.74) is 3.09. The summed E-state index contributed by atoms with van der Waals surface area (Å²) in [7, 11) is 1.71.